The Kier molecular flexibility index (Phi) is 4.22. The smallest absolute Gasteiger partial charge is 0.332 e. The molecule has 0 aliphatic carbocycles. The highest BCUT2D eigenvalue weighted by Gasteiger charge is 2.15. The molecule has 0 bridgehead atoms. The van der Waals surface area contributed by atoms with E-state index in [-0.39, 0.29) is 12.0 Å². The molecular weight excluding hydrogens is 268 g/mol. The van der Waals surface area contributed by atoms with Crippen molar-refractivity contribution in [1.82, 2.24) is 9.13 Å². The van der Waals surface area contributed by atoms with Gasteiger partial charge in [-0.25, -0.2) is 4.79 Å². The molecule has 1 fully saturated rings. The van der Waals surface area contributed by atoms with Gasteiger partial charge < -0.3 is 9.47 Å². The van der Waals surface area contributed by atoms with Crippen LogP contribution in [0.25, 0.3) is 5.69 Å². The van der Waals surface area contributed by atoms with Crippen molar-refractivity contribution in [2.75, 3.05) is 13.2 Å². The van der Waals surface area contributed by atoms with Crippen LogP contribution in [0.3, 0.4) is 0 Å². The second-order valence-corrected chi connectivity index (χ2v) is 5.29. The molecule has 0 spiro atoms. The van der Waals surface area contributed by atoms with Crippen molar-refractivity contribution < 1.29 is 9.47 Å². The van der Waals surface area contributed by atoms with Crippen molar-refractivity contribution in [2.24, 2.45) is 0 Å². The number of rotatable bonds is 4. The van der Waals surface area contributed by atoms with Gasteiger partial charge in [-0.15, -0.1) is 0 Å². The lowest BCUT2D eigenvalue weighted by atomic mass is 10.2. The van der Waals surface area contributed by atoms with Crippen molar-refractivity contribution in [2.45, 2.75) is 32.6 Å². The van der Waals surface area contributed by atoms with Crippen molar-refractivity contribution in [3.63, 3.8) is 0 Å². The van der Waals surface area contributed by atoms with Gasteiger partial charge in [0.25, 0.3) is 0 Å². The van der Waals surface area contributed by atoms with Gasteiger partial charge >= 0.3 is 5.69 Å². The first-order valence-electron chi connectivity index (χ1n) is 7.32. The normalized spacial score (nSPS) is 16.2. The Labute approximate surface area is 123 Å². The van der Waals surface area contributed by atoms with E-state index in [1.165, 1.54) is 5.56 Å². The van der Waals surface area contributed by atoms with Gasteiger partial charge in [-0.1, -0.05) is 17.7 Å². The van der Waals surface area contributed by atoms with Gasteiger partial charge in [-0.2, -0.15) is 0 Å². The Morgan fingerprint density at radius 2 is 1.86 bits per heavy atom. The first kappa shape index (κ1) is 14.1. The fourth-order valence-electron chi connectivity index (χ4n) is 2.43. The first-order chi connectivity index (χ1) is 10.2. The fraction of sp³-hybridized carbons (Fsp3) is 0.438. The van der Waals surface area contributed by atoms with Gasteiger partial charge in [-0.3, -0.25) is 9.13 Å². The zero-order chi connectivity index (χ0) is 14.7. The number of imidazole rings is 1. The topological polar surface area (TPSA) is 45.4 Å². The number of aryl methyl sites for hydroxylation is 2. The van der Waals surface area contributed by atoms with Crippen molar-refractivity contribution in [3.05, 3.63) is 52.7 Å². The predicted molar refractivity (Wildman–Crippen MR) is 79.7 cm³/mol. The zero-order valence-corrected chi connectivity index (χ0v) is 12.2. The summed E-state index contributed by atoms with van der Waals surface area (Å²) < 4.78 is 14.3. The maximum absolute atomic E-state index is 12.4. The highest BCUT2D eigenvalue weighted by atomic mass is 16.7. The highest BCUT2D eigenvalue weighted by Crippen LogP contribution is 2.10. The van der Waals surface area contributed by atoms with Crippen LogP contribution in [0.15, 0.2) is 41.5 Å². The van der Waals surface area contributed by atoms with Gasteiger partial charge in [-0.05, 0) is 25.5 Å². The summed E-state index contributed by atoms with van der Waals surface area (Å²) in [6, 6.07) is 7.91. The summed E-state index contributed by atoms with van der Waals surface area (Å²) >= 11 is 0. The minimum Gasteiger partial charge on any atom is -0.353 e. The van der Waals surface area contributed by atoms with E-state index < -0.39 is 0 Å². The Bertz CT molecular complexity index is 636. The summed E-state index contributed by atoms with van der Waals surface area (Å²) in [7, 11) is 0. The predicted octanol–water partition coefficient (Wildman–Crippen LogP) is 2.10. The SMILES string of the molecule is Cc1ccc(-n2ccn(CCC3OCCCO3)c2=O)cc1. The molecule has 5 nitrogen and oxygen atoms in total. The number of ether oxygens (including phenoxy) is 2. The maximum atomic E-state index is 12.4. The van der Waals surface area contributed by atoms with Crippen LogP contribution in [-0.2, 0) is 16.0 Å². The third-order valence-corrected chi connectivity index (χ3v) is 3.66. The van der Waals surface area contributed by atoms with Crippen molar-refractivity contribution in [3.8, 4) is 5.69 Å². The Balaban J connectivity index is 1.70. The lowest BCUT2D eigenvalue weighted by Gasteiger charge is -2.22. The van der Waals surface area contributed by atoms with E-state index in [0.29, 0.717) is 13.0 Å². The summed E-state index contributed by atoms with van der Waals surface area (Å²) in [6.07, 6.45) is 5.06. The number of aromatic nitrogens is 2. The van der Waals surface area contributed by atoms with Crippen LogP contribution in [0.2, 0.25) is 0 Å². The monoisotopic (exact) mass is 288 g/mol. The molecule has 1 saturated heterocycles. The molecule has 0 amide bonds. The second-order valence-electron chi connectivity index (χ2n) is 5.29. The Morgan fingerprint density at radius 3 is 2.57 bits per heavy atom. The zero-order valence-electron chi connectivity index (χ0n) is 12.2. The average molecular weight is 288 g/mol. The summed E-state index contributed by atoms with van der Waals surface area (Å²) in [5.41, 5.74) is 2.03. The third kappa shape index (κ3) is 3.25. The molecule has 5 heteroatoms. The Hall–Kier alpha value is -1.85. The largest absolute Gasteiger partial charge is 0.353 e. The van der Waals surface area contributed by atoms with E-state index in [1.807, 2.05) is 37.4 Å². The molecule has 1 aromatic carbocycles. The van der Waals surface area contributed by atoms with Crippen LogP contribution in [0.4, 0.5) is 0 Å². The van der Waals surface area contributed by atoms with E-state index in [1.54, 1.807) is 15.3 Å². The lowest BCUT2D eigenvalue weighted by Crippen LogP contribution is -2.29. The molecule has 0 N–H and O–H groups in total. The minimum absolute atomic E-state index is 0.0327. The Morgan fingerprint density at radius 1 is 1.14 bits per heavy atom. The molecule has 2 heterocycles. The van der Waals surface area contributed by atoms with Crippen LogP contribution in [0, 0.1) is 6.92 Å². The average Bonchev–Trinajstić information content (AvgIpc) is 2.88. The van der Waals surface area contributed by atoms with Crippen molar-refractivity contribution >= 4 is 0 Å². The van der Waals surface area contributed by atoms with Gasteiger partial charge in [0.05, 0.1) is 18.9 Å². The summed E-state index contributed by atoms with van der Waals surface area (Å²) in [6.45, 7) is 4.11. The molecule has 0 radical (unpaired) electrons. The molecule has 21 heavy (non-hydrogen) atoms. The molecular formula is C16H20N2O3. The molecule has 1 aliphatic heterocycles. The molecule has 1 aromatic heterocycles. The van der Waals surface area contributed by atoms with Gasteiger partial charge in [0, 0.05) is 25.4 Å². The number of hydrogen-bond donors (Lipinski definition) is 0. The van der Waals surface area contributed by atoms with E-state index in [9.17, 15) is 4.79 Å². The van der Waals surface area contributed by atoms with E-state index in [4.69, 9.17) is 9.47 Å². The van der Waals surface area contributed by atoms with Crippen LogP contribution < -0.4 is 5.69 Å². The summed E-state index contributed by atoms with van der Waals surface area (Å²) in [5, 5.41) is 0. The standard InChI is InChI=1S/C16H20N2O3/c1-13-3-5-14(6-4-13)18-10-9-17(16(18)19)8-7-15-20-11-2-12-21-15/h3-6,9-10,15H,2,7-8,11-12H2,1H3. The molecule has 0 saturated carbocycles. The van der Waals surface area contributed by atoms with Gasteiger partial charge in [0.1, 0.15) is 0 Å². The minimum atomic E-state index is -0.187. The molecule has 0 atom stereocenters. The first-order valence-corrected chi connectivity index (χ1v) is 7.32. The molecule has 2 aromatic rings. The molecule has 3 rings (SSSR count). The van der Waals surface area contributed by atoms with Gasteiger partial charge in [0.2, 0.25) is 0 Å². The van der Waals surface area contributed by atoms with E-state index in [2.05, 4.69) is 0 Å². The molecule has 112 valence electrons. The number of benzene rings is 1. The van der Waals surface area contributed by atoms with E-state index >= 15 is 0 Å². The quantitative estimate of drug-likeness (QED) is 0.865. The maximum Gasteiger partial charge on any atom is 0.332 e. The highest BCUT2D eigenvalue weighted by molar-refractivity contribution is 5.34. The van der Waals surface area contributed by atoms with Crippen molar-refractivity contribution in [1.29, 1.82) is 0 Å². The van der Waals surface area contributed by atoms with Crippen LogP contribution in [-0.4, -0.2) is 28.6 Å². The fourth-order valence-corrected chi connectivity index (χ4v) is 2.43. The molecule has 0 unspecified atom stereocenters. The van der Waals surface area contributed by atoms with Gasteiger partial charge in [0.15, 0.2) is 6.29 Å². The number of nitrogens with zero attached hydrogens (tertiary/aromatic N) is 2. The number of hydrogen-bond acceptors (Lipinski definition) is 3. The second kappa shape index (κ2) is 6.28. The van der Waals surface area contributed by atoms with E-state index in [0.717, 1.165) is 25.3 Å². The van der Waals surface area contributed by atoms with Crippen LogP contribution >= 0.6 is 0 Å². The summed E-state index contributed by atoms with van der Waals surface area (Å²) in [5.74, 6) is 0. The summed E-state index contributed by atoms with van der Waals surface area (Å²) in [4.78, 5) is 12.4. The lowest BCUT2D eigenvalue weighted by molar-refractivity contribution is -0.182. The van der Waals surface area contributed by atoms with Crippen LogP contribution in [0.1, 0.15) is 18.4 Å². The van der Waals surface area contributed by atoms with Crippen LogP contribution in [0.5, 0.6) is 0 Å². The third-order valence-electron chi connectivity index (χ3n) is 3.66. The molecule has 1 aliphatic rings.